The minimum Gasteiger partial charge on any atom is -0.482 e. The number of rotatable bonds is 8. The molecule has 2 aromatic carbocycles. The second-order valence-corrected chi connectivity index (χ2v) is 7.83. The predicted octanol–water partition coefficient (Wildman–Crippen LogP) is 3.23. The molecule has 0 unspecified atom stereocenters. The molecule has 0 spiro atoms. The molecule has 1 N–H and O–H groups in total. The highest BCUT2D eigenvalue weighted by molar-refractivity contribution is 6.21. The lowest BCUT2D eigenvalue weighted by atomic mass is 10.1. The summed E-state index contributed by atoms with van der Waals surface area (Å²) < 4.78 is 5.50. The van der Waals surface area contributed by atoms with E-state index in [4.69, 9.17) is 4.74 Å². The summed E-state index contributed by atoms with van der Waals surface area (Å²) in [5, 5.41) is 2.83. The van der Waals surface area contributed by atoms with E-state index in [1.807, 2.05) is 0 Å². The molecule has 2 aliphatic heterocycles. The Hall–Kier alpha value is -3.68. The Bertz CT molecular complexity index is 1050. The molecule has 0 fully saturated rings. The molecule has 8 heteroatoms. The Labute approximate surface area is 186 Å². The number of hydrogen-bond donors (Lipinski definition) is 1. The predicted molar refractivity (Wildman–Crippen MR) is 119 cm³/mol. The molecule has 2 aliphatic rings. The molecule has 2 aromatic rings. The molecule has 0 saturated carbocycles. The van der Waals surface area contributed by atoms with Crippen molar-refractivity contribution in [3.63, 3.8) is 0 Å². The number of carbonyl (C=O) groups is 4. The molecule has 0 saturated heterocycles. The van der Waals surface area contributed by atoms with Crippen LogP contribution in [0.25, 0.3) is 0 Å². The molecule has 32 heavy (non-hydrogen) atoms. The number of benzene rings is 2. The van der Waals surface area contributed by atoms with Gasteiger partial charge >= 0.3 is 0 Å². The first-order chi connectivity index (χ1) is 15.5. The smallest absolute Gasteiger partial charge is 0.265 e. The number of carbonyl (C=O) groups excluding carboxylic acids is 4. The second-order valence-electron chi connectivity index (χ2n) is 7.83. The van der Waals surface area contributed by atoms with Gasteiger partial charge in [0.1, 0.15) is 5.75 Å². The molecule has 2 heterocycles. The van der Waals surface area contributed by atoms with Gasteiger partial charge in [-0.2, -0.15) is 0 Å². The van der Waals surface area contributed by atoms with Crippen molar-refractivity contribution in [2.45, 2.75) is 32.6 Å². The van der Waals surface area contributed by atoms with Crippen LogP contribution in [0.5, 0.6) is 5.75 Å². The molecular formula is C24H25N3O5. The van der Waals surface area contributed by atoms with E-state index in [0.717, 1.165) is 12.8 Å². The first-order valence-electron chi connectivity index (χ1n) is 10.8. The van der Waals surface area contributed by atoms with Crippen LogP contribution in [0, 0.1) is 0 Å². The van der Waals surface area contributed by atoms with Crippen molar-refractivity contribution in [3.8, 4) is 5.75 Å². The molecule has 0 bridgehead atoms. The standard InChI is InChI=1S/C24H25N3O5/c1-2-3-12-26-19-14-16(10-11-20(19)32-15-22(26)29)25-21(28)9-6-13-27-23(30)17-7-4-5-8-18(17)24(27)31/h4-5,7-8,10-11,14H,2-3,6,9,12-13,15H2,1H3,(H,25,28). The van der Waals surface area contributed by atoms with E-state index in [1.165, 1.54) is 4.90 Å². The molecule has 4 rings (SSSR count). The average Bonchev–Trinajstić information content (AvgIpc) is 3.03. The van der Waals surface area contributed by atoms with Crippen LogP contribution in [0.2, 0.25) is 0 Å². The number of hydrogen-bond acceptors (Lipinski definition) is 5. The van der Waals surface area contributed by atoms with Gasteiger partial charge in [0.15, 0.2) is 6.61 Å². The minimum absolute atomic E-state index is 0.0141. The molecule has 0 aromatic heterocycles. The van der Waals surface area contributed by atoms with E-state index >= 15 is 0 Å². The van der Waals surface area contributed by atoms with Crippen molar-refractivity contribution in [2.24, 2.45) is 0 Å². The van der Waals surface area contributed by atoms with E-state index in [0.29, 0.717) is 41.2 Å². The van der Waals surface area contributed by atoms with Crippen LogP contribution >= 0.6 is 0 Å². The van der Waals surface area contributed by atoms with Gasteiger partial charge in [0.25, 0.3) is 17.7 Å². The topological polar surface area (TPSA) is 96.0 Å². The zero-order valence-corrected chi connectivity index (χ0v) is 17.9. The number of imide groups is 1. The largest absolute Gasteiger partial charge is 0.482 e. The highest BCUT2D eigenvalue weighted by atomic mass is 16.5. The van der Waals surface area contributed by atoms with Gasteiger partial charge in [0.05, 0.1) is 16.8 Å². The third-order valence-corrected chi connectivity index (χ3v) is 5.58. The van der Waals surface area contributed by atoms with Gasteiger partial charge in [-0.05, 0) is 43.2 Å². The van der Waals surface area contributed by atoms with Crippen molar-refractivity contribution in [2.75, 3.05) is 29.9 Å². The van der Waals surface area contributed by atoms with Crippen molar-refractivity contribution in [1.82, 2.24) is 4.90 Å². The molecular weight excluding hydrogens is 410 g/mol. The second kappa shape index (κ2) is 9.21. The fourth-order valence-corrected chi connectivity index (χ4v) is 3.90. The van der Waals surface area contributed by atoms with Crippen molar-refractivity contribution in [1.29, 1.82) is 0 Å². The van der Waals surface area contributed by atoms with Crippen LogP contribution in [-0.4, -0.2) is 48.2 Å². The lowest BCUT2D eigenvalue weighted by Gasteiger charge is -2.29. The number of unbranched alkanes of at least 4 members (excludes halogenated alkanes) is 1. The first-order valence-corrected chi connectivity index (χ1v) is 10.8. The van der Waals surface area contributed by atoms with Gasteiger partial charge in [0.2, 0.25) is 5.91 Å². The SMILES string of the molecule is CCCCN1C(=O)COc2ccc(NC(=O)CCCN3C(=O)c4ccccc4C3=O)cc21. The minimum atomic E-state index is -0.322. The summed E-state index contributed by atoms with van der Waals surface area (Å²) in [6, 6.07) is 11.9. The number of amides is 4. The number of nitrogens with one attached hydrogen (secondary N) is 1. The van der Waals surface area contributed by atoms with E-state index in [9.17, 15) is 19.2 Å². The van der Waals surface area contributed by atoms with Gasteiger partial charge in [0, 0.05) is 25.2 Å². The van der Waals surface area contributed by atoms with Crippen molar-refractivity contribution < 1.29 is 23.9 Å². The molecule has 8 nitrogen and oxygen atoms in total. The van der Waals surface area contributed by atoms with Crippen LogP contribution in [0.15, 0.2) is 42.5 Å². The Kier molecular flexibility index (Phi) is 6.20. The fourth-order valence-electron chi connectivity index (χ4n) is 3.90. The quantitative estimate of drug-likeness (QED) is 0.643. The van der Waals surface area contributed by atoms with Crippen LogP contribution in [-0.2, 0) is 9.59 Å². The van der Waals surface area contributed by atoms with Gasteiger partial charge in [-0.1, -0.05) is 25.5 Å². The van der Waals surface area contributed by atoms with Gasteiger partial charge in [-0.25, -0.2) is 0 Å². The van der Waals surface area contributed by atoms with Crippen molar-refractivity contribution in [3.05, 3.63) is 53.6 Å². The fraction of sp³-hybridized carbons (Fsp3) is 0.333. The van der Waals surface area contributed by atoms with Gasteiger partial charge in [-0.3, -0.25) is 24.1 Å². The Morgan fingerprint density at radius 2 is 1.66 bits per heavy atom. The summed E-state index contributed by atoms with van der Waals surface area (Å²) >= 11 is 0. The van der Waals surface area contributed by atoms with Gasteiger partial charge in [-0.15, -0.1) is 0 Å². The normalized spacial score (nSPS) is 14.8. The third kappa shape index (κ3) is 4.21. The third-order valence-electron chi connectivity index (χ3n) is 5.58. The summed E-state index contributed by atoms with van der Waals surface area (Å²) in [5.41, 5.74) is 2.02. The van der Waals surface area contributed by atoms with Crippen LogP contribution in [0.1, 0.15) is 53.3 Å². The number of ether oxygens (including phenoxy) is 1. The maximum atomic E-state index is 12.4. The maximum absolute atomic E-state index is 12.4. The highest BCUT2D eigenvalue weighted by Crippen LogP contribution is 2.35. The number of nitrogens with zero attached hydrogens (tertiary/aromatic N) is 2. The van der Waals surface area contributed by atoms with E-state index in [-0.39, 0.29) is 43.2 Å². The zero-order valence-electron chi connectivity index (χ0n) is 17.9. The van der Waals surface area contributed by atoms with E-state index in [1.54, 1.807) is 47.4 Å². The van der Waals surface area contributed by atoms with Crippen LogP contribution in [0.4, 0.5) is 11.4 Å². The van der Waals surface area contributed by atoms with Gasteiger partial charge < -0.3 is 15.0 Å². The summed E-state index contributed by atoms with van der Waals surface area (Å²) in [7, 11) is 0. The van der Waals surface area contributed by atoms with Crippen LogP contribution in [0.3, 0.4) is 0 Å². The molecule has 0 atom stereocenters. The lowest BCUT2D eigenvalue weighted by Crippen LogP contribution is -2.39. The molecule has 4 amide bonds. The highest BCUT2D eigenvalue weighted by Gasteiger charge is 2.34. The summed E-state index contributed by atoms with van der Waals surface area (Å²) in [6.07, 6.45) is 2.34. The Morgan fingerprint density at radius 1 is 0.969 bits per heavy atom. The molecule has 0 aliphatic carbocycles. The van der Waals surface area contributed by atoms with Crippen LogP contribution < -0.4 is 15.0 Å². The Balaban J connectivity index is 1.34. The van der Waals surface area contributed by atoms with E-state index in [2.05, 4.69) is 12.2 Å². The summed E-state index contributed by atoms with van der Waals surface area (Å²) in [4.78, 5) is 52.4. The monoisotopic (exact) mass is 435 g/mol. The zero-order chi connectivity index (χ0) is 22.7. The van der Waals surface area contributed by atoms with E-state index < -0.39 is 0 Å². The maximum Gasteiger partial charge on any atom is 0.265 e. The summed E-state index contributed by atoms with van der Waals surface area (Å²) in [5.74, 6) is -0.362. The Morgan fingerprint density at radius 3 is 2.34 bits per heavy atom. The number of anilines is 2. The lowest BCUT2D eigenvalue weighted by molar-refractivity contribution is -0.121. The molecule has 0 radical (unpaired) electrons. The average molecular weight is 435 g/mol. The van der Waals surface area contributed by atoms with Crippen molar-refractivity contribution >= 4 is 35.0 Å². The molecule has 166 valence electrons. The summed E-state index contributed by atoms with van der Waals surface area (Å²) in [6.45, 7) is 2.85. The first kappa shape index (κ1) is 21.5. The number of fused-ring (bicyclic) bond motifs is 2.